The van der Waals surface area contributed by atoms with E-state index in [0.29, 0.717) is 54.3 Å². The normalized spacial score (nSPS) is 24.0. The largest absolute Gasteiger partial charge is 0.480 e. The van der Waals surface area contributed by atoms with Crippen LogP contribution in [-0.2, 0) is 14.3 Å². The number of halogens is 3. The van der Waals surface area contributed by atoms with Crippen molar-refractivity contribution in [2.75, 3.05) is 42.7 Å². The molecule has 0 unspecified atom stereocenters. The van der Waals surface area contributed by atoms with Gasteiger partial charge in [0.15, 0.2) is 0 Å². The summed E-state index contributed by atoms with van der Waals surface area (Å²) in [5, 5.41) is 10.5. The molecular formula is C27H28ClF2N5O5. The summed E-state index contributed by atoms with van der Waals surface area (Å²) < 4.78 is 45.4. The third-order valence-electron chi connectivity index (χ3n) is 7.83. The number of aromatic nitrogens is 3. The number of pyridine rings is 2. The highest BCUT2D eigenvalue weighted by Crippen LogP contribution is 2.40. The number of carboxylic acid groups (broad SMARTS) is 1. The topological polar surface area (TPSA) is 113 Å². The predicted molar refractivity (Wildman–Crippen MR) is 142 cm³/mol. The van der Waals surface area contributed by atoms with Gasteiger partial charge in [-0.1, -0.05) is 11.6 Å². The fourth-order valence-electron chi connectivity index (χ4n) is 5.58. The molecule has 3 saturated heterocycles. The molecule has 0 amide bonds. The molecule has 0 aromatic carbocycles. The summed E-state index contributed by atoms with van der Waals surface area (Å²) in [6.07, 6.45) is -0.109. The van der Waals surface area contributed by atoms with Crippen molar-refractivity contribution in [2.45, 2.75) is 43.6 Å². The van der Waals surface area contributed by atoms with E-state index in [0.717, 1.165) is 0 Å². The number of anilines is 2. The van der Waals surface area contributed by atoms with Gasteiger partial charge >= 0.3 is 5.97 Å². The Balaban J connectivity index is 1.29. The lowest BCUT2D eigenvalue weighted by atomic mass is 9.90. The lowest BCUT2D eigenvalue weighted by Gasteiger charge is -2.53. The van der Waals surface area contributed by atoms with E-state index in [2.05, 4.69) is 19.9 Å². The van der Waals surface area contributed by atoms with Crippen LogP contribution in [0.4, 0.5) is 20.3 Å². The number of alkyl halides is 2. The van der Waals surface area contributed by atoms with E-state index >= 15 is 0 Å². The third-order valence-corrected chi connectivity index (χ3v) is 8.04. The average molecular weight is 576 g/mol. The molecule has 3 atom stereocenters. The summed E-state index contributed by atoms with van der Waals surface area (Å²) in [6, 6.07) is 6.68. The fraction of sp³-hybridized carbons (Fsp3) is 0.444. The van der Waals surface area contributed by atoms with Crippen LogP contribution in [0.25, 0.3) is 11.4 Å². The van der Waals surface area contributed by atoms with Gasteiger partial charge in [0.25, 0.3) is 6.43 Å². The summed E-state index contributed by atoms with van der Waals surface area (Å²) in [5.74, 6) is -0.653. The Morgan fingerprint density at radius 2 is 2.12 bits per heavy atom. The quantitative estimate of drug-likeness (QED) is 0.428. The van der Waals surface area contributed by atoms with Crippen molar-refractivity contribution in [1.82, 2.24) is 15.0 Å². The first-order valence-electron chi connectivity index (χ1n) is 13.0. The van der Waals surface area contributed by atoms with Gasteiger partial charge < -0.3 is 34.1 Å². The highest BCUT2D eigenvalue weighted by atomic mass is 35.5. The minimum atomic E-state index is -2.76. The molecule has 3 aliphatic heterocycles. The molecule has 3 aromatic heterocycles. The Hall–Kier alpha value is -3.48. The number of hydrogen-bond acceptors (Lipinski definition) is 8. The number of carbonyl (C=O) groups is 1. The van der Waals surface area contributed by atoms with Crippen LogP contribution in [-0.4, -0.2) is 82.7 Å². The van der Waals surface area contributed by atoms with Gasteiger partial charge in [-0.05, 0) is 37.3 Å². The number of aromatic amines is 1. The molecule has 0 saturated carbocycles. The standard InChI is InChI=1S/C27H28ClF2N5O5/c1-15-27(13-38-14-27)39-6-5-34(15)21-9-17(28)11-32-25(21)40-18-10-22(26(36)37)35(12-18)23-8-16(24(29)30)7-20(33-23)19-3-2-4-31-19/h2-4,7-9,11,15,18,22,24,31H,5-6,10,12-14H2,1H3,(H,36,37)/t15-,18-,22-/m0/s1. The molecule has 0 aliphatic carbocycles. The van der Waals surface area contributed by atoms with Crippen LogP contribution in [0.15, 0.2) is 42.7 Å². The molecule has 1 spiro atoms. The van der Waals surface area contributed by atoms with Gasteiger partial charge in [-0.25, -0.2) is 23.5 Å². The highest BCUT2D eigenvalue weighted by Gasteiger charge is 2.50. The van der Waals surface area contributed by atoms with Crippen LogP contribution in [0.2, 0.25) is 5.02 Å². The van der Waals surface area contributed by atoms with Crippen molar-refractivity contribution >= 4 is 29.1 Å². The SMILES string of the molecule is C[C@@H]1N(c2cc(Cl)cnc2O[C@H]2C[C@@H](C(=O)O)N(c3cc(C(F)F)cc(-c4ccc[nH]4)n3)C2)CCOC12COC2. The second-order valence-corrected chi connectivity index (χ2v) is 10.7. The van der Waals surface area contributed by atoms with Crippen molar-refractivity contribution in [2.24, 2.45) is 0 Å². The highest BCUT2D eigenvalue weighted by molar-refractivity contribution is 6.30. The number of nitrogens with zero attached hydrogens (tertiary/aromatic N) is 4. The molecule has 3 aromatic rings. The monoisotopic (exact) mass is 575 g/mol. The molecule has 2 N–H and O–H groups in total. The van der Waals surface area contributed by atoms with Gasteiger partial charge in [-0.3, -0.25) is 0 Å². The summed E-state index contributed by atoms with van der Waals surface area (Å²) >= 11 is 6.33. The summed E-state index contributed by atoms with van der Waals surface area (Å²) in [5.41, 5.74) is 0.844. The minimum absolute atomic E-state index is 0.0443. The first-order chi connectivity index (χ1) is 19.2. The summed E-state index contributed by atoms with van der Waals surface area (Å²) in [6.45, 7) is 4.22. The summed E-state index contributed by atoms with van der Waals surface area (Å²) in [7, 11) is 0. The van der Waals surface area contributed by atoms with Crippen LogP contribution in [0.5, 0.6) is 5.88 Å². The average Bonchev–Trinajstić information content (AvgIpc) is 3.60. The van der Waals surface area contributed by atoms with Crippen LogP contribution >= 0.6 is 11.6 Å². The number of H-pyrrole nitrogens is 1. The second kappa shape index (κ2) is 10.5. The third kappa shape index (κ3) is 4.84. The molecule has 3 fully saturated rings. The van der Waals surface area contributed by atoms with Crippen molar-refractivity contribution < 1.29 is 32.9 Å². The van der Waals surface area contributed by atoms with E-state index in [1.807, 2.05) is 6.92 Å². The van der Waals surface area contributed by atoms with Gasteiger partial charge in [-0.15, -0.1) is 0 Å². The number of aliphatic carboxylic acids is 1. The van der Waals surface area contributed by atoms with E-state index in [-0.39, 0.29) is 30.4 Å². The smallest absolute Gasteiger partial charge is 0.326 e. The molecular weight excluding hydrogens is 548 g/mol. The molecule has 6 heterocycles. The van der Waals surface area contributed by atoms with Crippen molar-refractivity contribution in [3.63, 3.8) is 0 Å². The molecule has 10 nitrogen and oxygen atoms in total. The lowest BCUT2D eigenvalue weighted by Crippen LogP contribution is -2.68. The van der Waals surface area contributed by atoms with Crippen LogP contribution < -0.4 is 14.5 Å². The van der Waals surface area contributed by atoms with E-state index in [1.54, 1.807) is 24.4 Å². The Kier molecular flexibility index (Phi) is 7.01. The number of morpholine rings is 1. The zero-order valence-corrected chi connectivity index (χ0v) is 22.4. The maximum Gasteiger partial charge on any atom is 0.326 e. The Labute approximate surface area is 233 Å². The molecule has 212 valence electrons. The van der Waals surface area contributed by atoms with Crippen molar-refractivity contribution in [1.29, 1.82) is 0 Å². The molecule has 0 radical (unpaired) electrons. The lowest BCUT2D eigenvalue weighted by molar-refractivity contribution is -0.228. The Bertz CT molecular complexity index is 1390. The summed E-state index contributed by atoms with van der Waals surface area (Å²) in [4.78, 5) is 27.8. The zero-order valence-electron chi connectivity index (χ0n) is 21.6. The van der Waals surface area contributed by atoms with Crippen LogP contribution in [0.3, 0.4) is 0 Å². The molecule has 0 bridgehead atoms. The first-order valence-corrected chi connectivity index (χ1v) is 13.4. The second-order valence-electron chi connectivity index (χ2n) is 10.3. The Morgan fingerprint density at radius 1 is 1.30 bits per heavy atom. The molecule has 6 rings (SSSR count). The number of hydrogen-bond donors (Lipinski definition) is 2. The van der Waals surface area contributed by atoms with Gasteiger partial charge in [0, 0.05) is 30.9 Å². The maximum absolute atomic E-state index is 13.8. The first kappa shape index (κ1) is 26.7. The molecule has 40 heavy (non-hydrogen) atoms. The maximum atomic E-state index is 13.8. The van der Waals surface area contributed by atoms with E-state index < -0.39 is 30.1 Å². The number of ether oxygens (including phenoxy) is 3. The molecule has 3 aliphatic rings. The number of rotatable bonds is 7. The predicted octanol–water partition coefficient (Wildman–Crippen LogP) is 4.17. The van der Waals surface area contributed by atoms with E-state index in [9.17, 15) is 18.7 Å². The van der Waals surface area contributed by atoms with Crippen LogP contribution in [0.1, 0.15) is 25.3 Å². The number of carboxylic acids is 1. The van der Waals surface area contributed by atoms with E-state index in [4.69, 9.17) is 25.8 Å². The van der Waals surface area contributed by atoms with Gasteiger partial charge in [0.2, 0.25) is 5.88 Å². The number of nitrogens with one attached hydrogen (secondary N) is 1. The minimum Gasteiger partial charge on any atom is -0.480 e. The molecule has 13 heteroatoms. The van der Waals surface area contributed by atoms with Gasteiger partial charge in [-0.2, -0.15) is 0 Å². The van der Waals surface area contributed by atoms with Gasteiger partial charge in [0.05, 0.1) is 48.8 Å². The van der Waals surface area contributed by atoms with E-state index in [1.165, 1.54) is 23.2 Å². The zero-order chi connectivity index (χ0) is 28.0. The van der Waals surface area contributed by atoms with Crippen molar-refractivity contribution in [3.8, 4) is 17.3 Å². The van der Waals surface area contributed by atoms with Crippen molar-refractivity contribution in [3.05, 3.63) is 53.3 Å². The Morgan fingerprint density at radius 3 is 2.80 bits per heavy atom. The fourth-order valence-corrected chi connectivity index (χ4v) is 5.73. The van der Waals surface area contributed by atoms with Crippen LogP contribution in [0, 0.1) is 0 Å². The van der Waals surface area contributed by atoms with Gasteiger partial charge in [0.1, 0.15) is 29.3 Å².